The molecule has 1 saturated carbocycles. The Kier molecular flexibility index (Phi) is 10.2. The summed E-state index contributed by atoms with van der Waals surface area (Å²) in [5, 5.41) is 17.3. The highest BCUT2D eigenvalue weighted by Gasteiger charge is 2.38. The summed E-state index contributed by atoms with van der Waals surface area (Å²) in [7, 11) is 0. The minimum atomic E-state index is -4.54. The average molecular weight is 657 g/mol. The Bertz CT molecular complexity index is 1690. The second kappa shape index (κ2) is 14.1. The van der Waals surface area contributed by atoms with Gasteiger partial charge in [0.2, 0.25) is 0 Å². The van der Waals surface area contributed by atoms with Gasteiger partial charge in [-0.25, -0.2) is 18.2 Å². The van der Waals surface area contributed by atoms with Crippen LogP contribution in [0, 0.1) is 17.5 Å². The number of rotatable bonds is 10. The van der Waals surface area contributed by atoms with E-state index in [0.29, 0.717) is 35.6 Å². The molecule has 1 aliphatic rings. The maximum Gasteiger partial charge on any atom is 0.416 e. The van der Waals surface area contributed by atoms with Crippen molar-refractivity contribution in [2.75, 3.05) is 12.3 Å². The van der Waals surface area contributed by atoms with Crippen molar-refractivity contribution in [2.45, 2.75) is 62.4 Å². The third kappa shape index (κ3) is 8.30. The molecule has 5 rings (SSSR count). The van der Waals surface area contributed by atoms with Gasteiger partial charge in [-0.1, -0.05) is 37.5 Å². The van der Waals surface area contributed by atoms with Gasteiger partial charge in [-0.3, -0.25) is 4.79 Å². The molecule has 6 nitrogen and oxygen atoms in total. The van der Waals surface area contributed by atoms with Crippen molar-refractivity contribution >= 4 is 11.7 Å². The van der Waals surface area contributed by atoms with Crippen LogP contribution in [0.25, 0.3) is 11.1 Å². The van der Waals surface area contributed by atoms with Gasteiger partial charge < -0.3 is 21.5 Å². The molecule has 1 amide bonds. The van der Waals surface area contributed by atoms with Gasteiger partial charge in [-0.2, -0.15) is 13.2 Å². The third-order valence-corrected chi connectivity index (χ3v) is 8.59. The molecule has 0 spiro atoms. The predicted octanol–water partition coefficient (Wildman–Crippen LogP) is 6.92. The SMILES string of the molecule is Nc1ccc(-c2ccc(F)c(C(=O)N[C@@H](Cc3cc(F)cc(F)c3)[C@H](O)CNC3(c4cccc(C(F)(F)F)c4)CCCCC3)c2)cn1. The zero-order valence-corrected chi connectivity index (χ0v) is 25.3. The fourth-order valence-electron chi connectivity index (χ4n) is 6.13. The van der Waals surface area contributed by atoms with Crippen LogP contribution in [-0.2, 0) is 18.1 Å². The number of carbonyl (C=O) groups is 1. The van der Waals surface area contributed by atoms with E-state index >= 15 is 0 Å². The number of nitrogens with zero attached hydrogens (tertiary/aromatic N) is 1. The van der Waals surface area contributed by atoms with Gasteiger partial charge in [-0.15, -0.1) is 0 Å². The first-order valence-electron chi connectivity index (χ1n) is 15.2. The van der Waals surface area contributed by atoms with Crippen LogP contribution in [0.2, 0.25) is 0 Å². The van der Waals surface area contributed by atoms with Crippen LogP contribution in [0.15, 0.2) is 79.0 Å². The number of hydrogen-bond acceptors (Lipinski definition) is 5. The summed E-state index contributed by atoms with van der Waals surface area (Å²) >= 11 is 0. The minimum absolute atomic E-state index is 0.124. The number of amides is 1. The molecule has 12 heteroatoms. The highest BCUT2D eigenvalue weighted by atomic mass is 19.4. The number of hydrogen-bond donors (Lipinski definition) is 4. The molecule has 3 aromatic carbocycles. The zero-order valence-electron chi connectivity index (χ0n) is 25.3. The van der Waals surface area contributed by atoms with Crippen LogP contribution in [0.5, 0.6) is 0 Å². The molecule has 0 saturated heterocycles. The fourth-order valence-corrected chi connectivity index (χ4v) is 6.13. The van der Waals surface area contributed by atoms with Crippen molar-refractivity contribution < 1.29 is 36.2 Å². The highest BCUT2D eigenvalue weighted by molar-refractivity contribution is 5.96. The van der Waals surface area contributed by atoms with Crippen LogP contribution in [-0.4, -0.2) is 34.7 Å². The van der Waals surface area contributed by atoms with Gasteiger partial charge in [0, 0.05) is 29.9 Å². The largest absolute Gasteiger partial charge is 0.416 e. The fraction of sp³-hybridized carbons (Fsp3) is 0.314. The average Bonchev–Trinajstić information content (AvgIpc) is 3.03. The van der Waals surface area contributed by atoms with E-state index in [1.54, 1.807) is 18.2 Å². The highest BCUT2D eigenvalue weighted by Crippen LogP contribution is 2.39. The number of nitrogens with two attached hydrogens (primary N) is 1. The molecule has 4 aromatic rings. The van der Waals surface area contributed by atoms with Crippen LogP contribution in [0.3, 0.4) is 0 Å². The molecule has 0 aliphatic heterocycles. The van der Waals surface area contributed by atoms with Crippen molar-refractivity contribution in [1.82, 2.24) is 15.6 Å². The molecule has 2 atom stereocenters. The van der Waals surface area contributed by atoms with Crippen molar-refractivity contribution in [3.8, 4) is 11.1 Å². The maximum atomic E-state index is 15.0. The first kappa shape index (κ1) is 33.9. The Morgan fingerprint density at radius 2 is 1.62 bits per heavy atom. The number of alkyl halides is 3. The summed E-state index contributed by atoms with van der Waals surface area (Å²) in [6.45, 7) is -0.196. The Balaban J connectivity index is 1.42. The van der Waals surface area contributed by atoms with E-state index in [1.807, 2.05) is 0 Å². The third-order valence-electron chi connectivity index (χ3n) is 8.59. The topological polar surface area (TPSA) is 100 Å². The zero-order chi connectivity index (χ0) is 33.8. The first-order valence-corrected chi connectivity index (χ1v) is 15.2. The standard InChI is InChI=1S/C35H34F6N4O2/c36-26-13-21(14-27(37)18-26)15-30(45-33(47)28-16-22(7-9-29(28)38)23-8-10-32(42)43-19-23)31(46)20-44-34(11-2-1-3-12-34)24-5-4-6-25(17-24)35(39,40)41/h4-10,13-14,16-19,30-31,44,46H,1-3,11-12,15,20H2,(H2,42,43)(H,45,47)/t30-,31+/m0/s1. The summed E-state index contributed by atoms with van der Waals surface area (Å²) in [4.78, 5) is 17.5. The maximum absolute atomic E-state index is 15.0. The van der Waals surface area contributed by atoms with Crippen molar-refractivity contribution in [2.24, 2.45) is 0 Å². The predicted molar refractivity (Wildman–Crippen MR) is 166 cm³/mol. The van der Waals surface area contributed by atoms with Crippen molar-refractivity contribution in [3.05, 3.63) is 119 Å². The minimum Gasteiger partial charge on any atom is -0.390 e. The lowest BCUT2D eigenvalue weighted by atomic mass is 9.76. The lowest BCUT2D eigenvalue weighted by Crippen LogP contribution is -2.53. The molecular weight excluding hydrogens is 622 g/mol. The molecular formula is C35H34F6N4O2. The summed E-state index contributed by atoms with van der Waals surface area (Å²) in [6.07, 6.45) is -1.33. The Labute approximate surface area is 268 Å². The van der Waals surface area contributed by atoms with Gasteiger partial charge >= 0.3 is 6.18 Å². The van der Waals surface area contributed by atoms with Crippen LogP contribution in [0.1, 0.15) is 59.2 Å². The number of carbonyl (C=O) groups excluding carboxylic acids is 1. The van der Waals surface area contributed by atoms with Gasteiger partial charge in [0.1, 0.15) is 23.3 Å². The molecule has 0 radical (unpaired) electrons. The Morgan fingerprint density at radius 3 is 2.28 bits per heavy atom. The molecule has 1 fully saturated rings. The molecule has 5 N–H and O–H groups in total. The van der Waals surface area contributed by atoms with Gasteiger partial charge in [-0.05, 0) is 84.5 Å². The smallest absolute Gasteiger partial charge is 0.390 e. The number of nitrogen functional groups attached to an aromatic ring is 1. The Hall–Kier alpha value is -4.42. The molecule has 1 heterocycles. The van der Waals surface area contributed by atoms with E-state index in [1.165, 1.54) is 24.4 Å². The van der Waals surface area contributed by atoms with Gasteiger partial charge in [0.05, 0.1) is 23.3 Å². The second-order valence-corrected chi connectivity index (χ2v) is 11.9. The van der Waals surface area contributed by atoms with Crippen LogP contribution in [0.4, 0.5) is 32.2 Å². The number of aliphatic hydroxyl groups excluding tert-OH is 1. The summed E-state index contributed by atoms with van der Waals surface area (Å²) in [5.41, 5.74) is 5.20. The van der Waals surface area contributed by atoms with Crippen molar-refractivity contribution in [1.29, 1.82) is 0 Å². The van der Waals surface area contributed by atoms with E-state index in [9.17, 15) is 36.2 Å². The van der Waals surface area contributed by atoms with E-state index in [2.05, 4.69) is 15.6 Å². The number of benzene rings is 3. The van der Waals surface area contributed by atoms with E-state index in [4.69, 9.17) is 5.73 Å². The second-order valence-electron chi connectivity index (χ2n) is 11.9. The van der Waals surface area contributed by atoms with Crippen LogP contribution >= 0.6 is 0 Å². The Morgan fingerprint density at radius 1 is 0.915 bits per heavy atom. The number of aliphatic hydroxyl groups is 1. The summed E-state index contributed by atoms with van der Waals surface area (Å²) in [6, 6.07) is 13.8. The lowest BCUT2D eigenvalue weighted by molar-refractivity contribution is -0.137. The molecule has 248 valence electrons. The van der Waals surface area contributed by atoms with Crippen LogP contribution < -0.4 is 16.4 Å². The molecule has 47 heavy (non-hydrogen) atoms. The molecule has 1 aliphatic carbocycles. The van der Waals surface area contributed by atoms with Gasteiger partial charge in [0.25, 0.3) is 5.91 Å². The summed E-state index contributed by atoms with van der Waals surface area (Å²) in [5.74, 6) is -3.18. The number of pyridine rings is 1. The number of halogens is 6. The normalized spacial score (nSPS) is 16.0. The van der Waals surface area contributed by atoms with E-state index < -0.39 is 52.8 Å². The number of nitrogens with one attached hydrogen (secondary N) is 2. The van der Waals surface area contributed by atoms with Gasteiger partial charge in [0.15, 0.2) is 0 Å². The molecule has 0 unspecified atom stereocenters. The molecule has 1 aromatic heterocycles. The number of anilines is 1. The first-order chi connectivity index (χ1) is 22.3. The number of aromatic nitrogens is 1. The monoisotopic (exact) mass is 656 g/mol. The van der Waals surface area contributed by atoms with Crippen molar-refractivity contribution in [3.63, 3.8) is 0 Å². The summed E-state index contributed by atoms with van der Waals surface area (Å²) < 4.78 is 83.9. The molecule has 0 bridgehead atoms. The van der Waals surface area contributed by atoms with E-state index in [0.717, 1.165) is 49.6 Å². The lowest BCUT2D eigenvalue weighted by Gasteiger charge is -2.40. The quantitative estimate of drug-likeness (QED) is 0.139. The van der Waals surface area contributed by atoms with E-state index in [-0.39, 0.29) is 29.9 Å².